The Morgan fingerprint density at radius 2 is 2.35 bits per heavy atom. The van der Waals surface area contributed by atoms with Crippen LogP contribution in [0.15, 0.2) is 21.2 Å². The predicted molar refractivity (Wildman–Crippen MR) is 72.8 cm³/mol. The van der Waals surface area contributed by atoms with Crippen LogP contribution in [0.1, 0.15) is 44.4 Å². The van der Waals surface area contributed by atoms with E-state index in [0.717, 1.165) is 16.8 Å². The minimum absolute atomic E-state index is 0.221. The van der Waals surface area contributed by atoms with Gasteiger partial charge in [0.2, 0.25) is 0 Å². The van der Waals surface area contributed by atoms with Crippen LogP contribution in [0.25, 0.3) is 0 Å². The van der Waals surface area contributed by atoms with E-state index >= 15 is 0 Å². The molecule has 0 bridgehead atoms. The third-order valence-corrected chi connectivity index (χ3v) is 4.01. The van der Waals surface area contributed by atoms with E-state index in [1.165, 1.54) is 25.7 Å². The first-order chi connectivity index (χ1) is 8.27. The van der Waals surface area contributed by atoms with Gasteiger partial charge in [0.05, 0.1) is 16.8 Å². The zero-order valence-electron chi connectivity index (χ0n) is 10.4. The van der Waals surface area contributed by atoms with Crippen LogP contribution in [0.4, 0.5) is 0 Å². The van der Waals surface area contributed by atoms with Crippen molar-refractivity contribution in [2.45, 2.75) is 44.7 Å². The van der Waals surface area contributed by atoms with Gasteiger partial charge in [0.1, 0.15) is 5.76 Å². The first-order valence-electron chi connectivity index (χ1n) is 6.46. The van der Waals surface area contributed by atoms with Crippen LogP contribution in [0.2, 0.25) is 0 Å². The molecule has 1 aromatic rings. The third-order valence-electron chi connectivity index (χ3n) is 3.36. The number of furan rings is 1. The number of nitrogens with two attached hydrogens (primary N) is 1. The Morgan fingerprint density at radius 1 is 1.59 bits per heavy atom. The number of rotatable bonds is 7. The van der Waals surface area contributed by atoms with Gasteiger partial charge in [0.15, 0.2) is 0 Å². The Bertz CT molecular complexity index is 349. The number of hydrogen-bond donors (Lipinski definition) is 1. The zero-order valence-corrected chi connectivity index (χ0v) is 11.9. The van der Waals surface area contributed by atoms with Crippen molar-refractivity contribution in [2.75, 3.05) is 13.1 Å². The molecule has 4 heteroatoms. The van der Waals surface area contributed by atoms with Crippen molar-refractivity contribution < 1.29 is 4.42 Å². The summed E-state index contributed by atoms with van der Waals surface area (Å²) >= 11 is 3.54. The summed E-state index contributed by atoms with van der Waals surface area (Å²) in [6.07, 6.45) is 6.79. The Kier molecular flexibility index (Phi) is 4.65. The molecule has 0 amide bonds. The highest BCUT2D eigenvalue weighted by molar-refractivity contribution is 9.10. The van der Waals surface area contributed by atoms with Gasteiger partial charge in [-0.3, -0.25) is 4.90 Å². The maximum Gasteiger partial charge on any atom is 0.136 e. The minimum Gasteiger partial charge on any atom is -0.466 e. The molecule has 0 aliphatic heterocycles. The molecule has 1 aliphatic rings. The summed E-state index contributed by atoms with van der Waals surface area (Å²) in [5.41, 5.74) is 5.95. The largest absolute Gasteiger partial charge is 0.466 e. The van der Waals surface area contributed by atoms with Crippen molar-refractivity contribution in [3.05, 3.63) is 22.6 Å². The number of hydrogen-bond acceptors (Lipinski definition) is 3. The van der Waals surface area contributed by atoms with Gasteiger partial charge in [-0.05, 0) is 47.8 Å². The number of nitrogens with zero attached hydrogens (tertiary/aromatic N) is 1. The first kappa shape index (κ1) is 13.1. The van der Waals surface area contributed by atoms with Gasteiger partial charge in [-0.2, -0.15) is 0 Å². The fourth-order valence-electron chi connectivity index (χ4n) is 2.28. The fraction of sp³-hybridized carbons (Fsp3) is 0.692. The lowest BCUT2D eigenvalue weighted by Crippen LogP contribution is -2.36. The second kappa shape index (κ2) is 6.03. The lowest BCUT2D eigenvalue weighted by Gasteiger charge is -2.29. The smallest absolute Gasteiger partial charge is 0.136 e. The predicted octanol–water partition coefficient (Wildman–Crippen LogP) is 3.31. The summed E-state index contributed by atoms with van der Waals surface area (Å²) in [5, 5.41) is 0. The summed E-state index contributed by atoms with van der Waals surface area (Å²) in [4.78, 5) is 2.52. The molecule has 1 saturated carbocycles. The molecule has 1 aromatic heterocycles. The molecule has 1 heterocycles. The van der Waals surface area contributed by atoms with E-state index in [9.17, 15) is 0 Å². The van der Waals surface area contributed by atoms with Crippen LogP contribution < -0.4 is 5.73 Å². The maximum atomic E-state index is 5.95. The first-order valence-corrected chi connectivity index (χ1v) is 7.26. The van der Waals surface area contributed by atoms with Crippen molar-refractivity contribution in [1.29, 1.82) is 0 Å². The molecule has 96 valence electrons. The van der Waals surface area contributed by atoms with Crippen molar-refractivity contribution in [1.82, 2.24) is 4.90 Å². The van der Waals surface area contributed by atoms with Crippen LogP contribution in [0, 0.1) is 0 Å². The van der Waals surface area contributed by atoms with Crippen LogP contribution in [-0.4, -0.2) is 24.0 Å². The van der Waals surface area contributed by atoms with Crippen LogP contribution in [-0.2, 0) is 0 Å². The number of unbranched alkanes of at least 4 members (excludes halogenated alkanes) is 1. The van der Waals surface area contributed by atoms with E-state index < -0.39 is 0 Å². The molecule has 3 nitrogen and oxygen atoms in total. The minimum atomic E-state index is 0.221. The topological polar surface area (TPSA) is 42.4 Å². The Labute approximate surface area is 111 Å². The molecule has 1 fully saturated rings. The lowest BCUT2D eigenvalue weighted by atomic mass is 10.1. The second-order valence-electron chi connectivity index (χ2n) is 4.71. The summed E-state index contributed by atoms with van der Waals surface area (Å²) in [6.45, 7) is 3.97. The normalized spacial score (nSPS) is 17.6. The molecule has 1 unspecified atom stereocenters. The van der Waals surface area contributed by atoms with Crippen molar-refractivity contribution >= 4 is 15.9 Å². The highest BCUT2D eigenvalue weighted by Crippen LogP contribution is 2.36. The standard InChI is InChI=1S/C13H21BrN2O/c1-2-3-7-16(10-4-5-10)12(9-15)13-11(14)6-8-17-13/h6,8,10,12H,2-5,7,9,15H2,1H3. The molecule has 1 atom stereocenters. The molecule has 0 aromatic carbocycles. The summed E-state index contributed by atoms with van der Waals surface area (Å²) in [5.74, 6) is 0.982. The summed E-state index contributed by atoms with van der Waals surface area (Å²) in [6, 6.07) is 2.88. The molecular weight excluding hydrogens is 280 g/mol. The highest BCUT2D eigenvalue weighted by Gasteiger charge is 2.35. The van der Waals surface area contributed by atoms with Gasteiger partial charge in [0, 0.05) is 12.6 Å². The second-order valence-corrected chi connectivity index (χ2v) is 5.56. The van der Waals surface area contributed by atoms with Gasteiger partial charge in [0.25, 0.3) is 0 Å². The van der Waals surface area contributed by atoms with Gasteiger partial charge >= 0.3 is 0 Å². The average Bonchev–Trinajstić information content (AvgIpc) is 3.08. The van der Waals surface area contributed by atoms with Crippen molar-refractivity contribution in [3.8, 4) is 0 Å². The van der Waals surface area contributed by atoms with Gasteiger partial charge in [-0.1, -0.05) is 13.3 Å². The Hall–Kier alpha value is -0.320. The van der Waals surface area contributed by atoms with E-state index in [-0.39, 0.29) is 6.04 Å². The molecule has 0 radical (unpaired) electrons. The van der Waals surface area contributed by atoms with Gasteiger partial charge < -0.3 is 10.2 Å². The van der Waals surface area contributed by atoms with E-state index in [0.29, 0.717) is 12.6 Å². The van der Waals surface area contributed by atoms with Crippen molar-refractivity contribution in [2.24, 2.45) is 5.73 Å². The quantitative estimate of drug-likeness (QED) is 0.840. The van der Waals surface area contributed by atoms with E-state index in [2.05, 4.69) is 27.8 Å². The highest BCUT2D eigenvalue weighted by atomic mass is 79.9. The van der Waals surface area contributed by atoms with Crippen LogP contribution in [0.5, 0.6) is 0 Å². The molecule has 2 N–H and O–H groups in total. The molecule has 0 spiro atoms. The summed E-state index contributed by atoms with van der Waals surface area (Å²) < 4.78 is 6.62. The van der Waals surface area contributed by atoms with Crippen molar-refractivity contribution in [3.63, 3.8) is 0 Å². The van der Waals surface area contributed by atoms with E-state index in [1.807, 2.05) is 6.07 Å². The summed E-state index contributed by atoms with van der Waals surface area (Å²) in [7, 11) is 0. The Morgan fingerprint density at radius 3 is 2.82 bits per heavy atom. The van der Waals surface area contributed by atoms with Crippen LogP contribution >= 0.6 is 15.9 Å². The SMILES string of the molecule is CCCCN(C1CC1)C(CN)c1occc1Br. The molecule has 1 aliphatic carbocycles. The van der Waals surface area contributed by atoms with E-state index in [4.69, 9.17) is 10.2 Å². The average molecular weight is 301 g/mol. The Balaban J connectivity index is 2.11. The number of halogens is 1. The fourth-order valence-corrected chi connectivity index (χ4v) is 2.74. The van der Waals surface area contributed by atoms with Gasteiger partial charge in [-0.15, -0.1) is 0 Å². The molecule has 0 saturated heterocycles. The third kappa shape index (κ3) is 3.12. The monoisotopic (exact) mass is 300 g/mol. The van der Waals surface area contributed by atoms with Crippen LogP contribution in [0.3, 0.4) is 0 Å². The van der Waals surface area contributed by atoms with Gasteiger partial charge in [-0.25, -0.2) is 0 Å². The zero-order chi connectivity index (χ0) is 12.3. The molecule has 2 rings (SSSR count). The lowest BCUT2D eigenvalue weighted by molar-refractivity contribution is 0.166. The molecular formula is C13H21BrN2O. The maximum absolute atomic E-state index is 5.95. The molecule has 17 heavy (non-hydrogen) atoms. The van der Waals surface area contributed by atoms with E-state index in [1.54, 1.807) is 6.26 Å².